The Balaban J connectivity index is 1.92. The van der Waals surface area contributed by atoms with Gasteiger partial charge in [0.25, 0.3) is 5.91 Å². The normalized spacial score (nSPS) is 11.0. The van der Waals surface area contributed by atoms with Crippen LogP contribution < -0.4 is 11.1 Å². The molecule has 0 saturated carbocycles. The Kier molecular flexibility index (Phi) is 5.04. The maximum Gasteiger partial charge on any atom is 0.413 e. The molecule has 2 amide bonds. The van der Waals surface area contributed by atoms with Crippen LogP contribution in [-0.4, -0.2) is 27.9 Å². The first kappa shape index (κ1) is 15.4. The average molecular weight is 319 g/mol. The number of nitrogens with zero attached hydrogens (tertiary/aromatic N) is 2. The molecule has 1 radical (unpaired) electrons. The number of hydrogen-bond donors (Lipinski definition) is 2. The molecule has 2 aromatic rings. The topological polar surface area (TPSA) is 125 Å². The van der Waals surface area contributed by atoms with E-state index in [-0.39, 0.29) is 17.4 Å². The van der Waals surface area contributed by atoms with Crippen LogP contribution in [0.15, 0.2) is 40.9 Å². The van der Waals surface area contributed by atoms with Crippen LogP contribution in [0.1, 0.15) is 11.3 Å². The largest absolute Gasteiger partial charge is 0.444 e. The molecule has 113 valence electrons. The molecular formula is C13H11N4O4S. The lowest BCUT2D eigenvalue weighted by molar-refractivity contribution is -0.112. The van der Waals surface area contributed by atoms with Crippen LogP contribution in [0.5, 0.6) is 0 Å². The van der Waals surface area contributed by atoms with E-state index in [1.54, 1.807) is 0 Å². The maximum atomic E-state index is 11.6. The Morgan fingerprint density at radius 1 is 1.36 bits per heavy atom. The van der Waals surface area contributed by atoms with Gasteiger partial charge in [-0.1, -0.05) is 35.5 Å². The molecular weight excluding hydrogens is 308 g/mol. The first-order valence-electron chi connectivity index (χ1n) is 6.01. The Bertz CT molecular complexity index is 699. The highest BCUT2D eigenvalue weighted by Crippen LogP contribution is 2.16. The second-order valence-electron chi connectivity index (χ2n) is 4.00. The highest BCUT2D eigenvalue weighted by molar-refractivity contribution is 7.14. The van der Waals surface area contributed by atoms with E-state index in [4.69, 9.17) is 15.7 Å². The number of oxime groups is 1. The molecule has 0 aliphatic carbocycles. The standard InChI is InChI=1S/C13H11N4O4S/c14-11(18)10(17-20)9-7-22-12(15-9)16-13(19)21-6-8-4-2-1-3-5-8/h1-5,7,14,20H,6H2,(H,15,16,19). The van der Waals surface area contributed by atoms with Crippen LogP contribution in [0, 0.1) is 0 Å². The van der Waals surface area contributed by atoms with Crippen molar-refractivity contribution >= 4 is 34.2 Å². The van der Waals surface area contributed by atoms with E-state index in [1.165, 1.54) is 5.38 Å². The quantitative estimate of drug-likeness (QED) is 0.494. The van der Waals surface area contributed by atoms with Gasteiger partial charge in [-0.3, -0.25) is 15.8 Å². The molecule has 0 spiro atoms. The Labute approximate surface area is 129 Å². The molecule has 1 aromatic carbocycles. The molecule has 1 heterocycles. The van der Waals surface area contributed by atoms with Crippen molar-refractivity contribution in [3.63, 3.8) is 0 Å². The maximum absolute atomic E-state index is 11.6. The lowest BCUT2D eigenvalue weighted by Crippen LogP contribution is -2.17. The fraction of sp³-hybridized carbons (Fsp3) is 0.0769. The van der Waals surface area contributed by atoms with E-state index in [0.29, 0.717) is 0 Å². The molecule has 2 rings (SSSR count). The summed E-state index contributed by atoms with van der Waals surface area (Å²) in [6, 6.07) is 9.15. The van der Waals surface area contributed by atoms with Gasteiger partial charge in [0.2, 0.25) is 0 Å². The fourth-order valence-electron chi connectivity index (χ4n) is 1.50. The first-order chi connectivity index (χ1) is 10.6. The number of anilines is 1. The number of amides is 2. The van der Waals surface area contributed by atoms with Gasteiger partial charge in [0, 0.05) is 5.38 Å². The average Bonchev–Trinajstić information content (AvgIpc) is 2.94. The third-order valence-corrected chi connectivity index (χ3v) is 3.24. The molecule has 0 saturated heterocycles. The van der Waals surface area contributed by atoms with Crippen molar-refractivity contribution in [3.8, 4) is 0 Å². The smallest absolute Gasteiger partial charge is 0.413 e. The van der Waals surface area contributed by atoms with E-state index in [2.05, 4.69) is 15.5 Å². The number of aromatic nitrogens is 1. The predicted molar refractivity (Wildman–Crippen MR) is 78.8 cm³/mol. The van der Waals surface area contributed by atoms with E-state index in [1.807, 2.05) is 30.3 Å². The van der Waals surface area contributed by atoms with Gasteiger partial charge in [-0.25, -0.2) is 9.78 Å². The minimum Gasteiger partial charge on any atom is -0.444 e. The molecule has 0 fully saturated rings. The van der Waals surface area contributed by atoms with Crippen molar-refractivity contribution in [1.29, 1.82) is 0 Å². The Morgan fingerprint density at radius 2 is 2.09 bits per heavy atom. The van der Waals surface area contributed by atoms with Gasteiger partial charge in [-0.2, -0.15) is 0 Å². The summed E-state index contributed by atoms with van der Waals surface area (Å²) in [5, 5.41) is 15.3. The van der Waals surface area contributed by atoms with Crippen LogP contribution in [0.25, 0.3) is 0 Å². The molecule has 3 N–H and O–H groups in total. The lowest BCUT2D eigenvalue weighted by atomic mass is 10.2. The zero-order valence-electron chi connectivity index (χ0n) is 11.1. The molecule has 1 aromatic heterocycles. The van der Waals surface area contributed by atoms with Crippen LogP contribution in [0.4, 0.5) is 9.93 Å². The molecule has 8 nitrogen and oxygen atoms in total. The fourth-order valence-corrected chi connectivity index (χ4v) is 2.18. The minimum atomic E-state index is -1.17. The van der Waals surface area contributed by atoms with Crippen LogP contribution >= 0.6 is 11.3 Å². The third-order valence-electron chi connectivity index (χ3n) is 2.48. The molecule has 9 heteroatoms. The summed E-state index contributed by atoms with van der Waals surface area (Å²) in [7, 11) is 0. The van der Waals surface area contributed by atoms with Crippen molar-refractivity contribution in [3.05, 3.63) is 47.0 Å². The van der Waals surface area contributed by atoms with Crippen molar-refractivity contribution in [2.45, 2.75) is 6.61 Å². The number of rotatable bonds is 5. The van der Waals surface area contributed by atoms with Crippen LogP contribution in [0.2, 0.25) is 0 Å². The summed E-state index contributed by atoms with van der Waals surface area (Å²) in [6.45, 7) is 0.111. The van der Waals surface area contributed by atoms with Crippen LogP contribution in [0.3, 0.4) is 0 Å². The van der Waals surface area contributed by atoms with Crippen molar-refractivity contribution in [1.82, 2.24) is 10.7 Å². The zero-order valence-corrected chi connectivity index (χ0v) is 12.0. The number of carbonyl (C=O) groups is 2. The van der Waals surface area contributed by atoms with Gasteiger partial charge >= 0.3 is 6.09 Å². The zero-order chi connectivity index (χ0) is 15.9. The molecule has 0 aliphatic rings. The SMILES string of the molecule is [NH]C(=O)C(=NO)c1csc(NC(=O)OCc2ccccc2)n1. The number of ether oxygens (including phenoxy) is 1. The van der Waals surface area contributed by atoms with Gasteiger partial charge in [0.15, 0.2) is 10.8 Å². The first-order valence-corrected chi connectivity index (χ1v) is 6.89. The van der Waals surface area contributed by atoms with E-state index in [0.717, 1.165) is 16.9 Å². The Hall–Kier alpha value is -2.94. The van der Waals surface area contributed by atoms with Crippen molar-refractivity contribution in [2.75, 3.05) is 5.32 Å². The van der Waals surface area contributed by atoms with Crippen LogP contribution in [-0.2, 0) is 16.1 Å². The summed E-state index contributed by atoms with van der Waals surface area (Å²) in [6.07, 6.45) is -0.704. The van der Waals surface area contributed by atoms with Gasteiger partial charge < -0.3 is 9.94 Å². The molecule has 0 aliphatic heterocycles. The number of nitrogens with one attached hydrogen (secondary N) is 2. The second-order valence-corrected chi connectivity index (χ2v) is 4.86. The number of carbonyl (C=O) groups excluding carboxylic acids is 2. The molecule has 0 atom stereocenters. The van der Waals surface area contributed by atoms with Crippen molar-refractivity contribution < 1.29 is 19.5 Å². The van der Waals surface area contributed by atoms with Gasteiger partial charge in [0.1, 0.15) is 12.3 Å². The van der Waals surface area contributed by atoms with Gasteiger partial charge in [-0.15, -0.1) is 11.3 Å². The monoisotopic (exact) mass is 319 g/mol. The highest BCUT2D eigenvalue weighted by Gasteiger charge is 2.17. The molecule has 0 unspecified atom stereocenters. The van der Waals surface area contributed by atoms with E-state index >= 15 is 0 Å². The summed E-state index contributed by atoms with van der Waals surface area (Å²) in [5.41, 5.74) is 7.25. The Morgan fingerprint density at radius 3 is 2.73 bits per heavy atom. The number of benzene rings is 1. The van der Waals surface area contributed by atoms with Gasteiger partial charge in [-0.05, 0) is 5.56 Å². The predicted octanol–water partition coefficient (Wildman–Crippen LogP) is 1.88. The minimum absolute atomic E-state index is 0.00543. The number of hydrogen-bond acceptors (Lipinski definition) is 7. The molecule has 0 bridgehead atoms. The van der Waals surface area contributed by atoms with E-state index in [9.17, 15) is 9.59 Å². The lowest BCUT2D eigenvalue weighted by Gasteiger charge is -2.04. The summed E-state index contributed by atoms with van der Waals surface area (Å²) in [4.78, 5) is 26.4. The summed E-state index contributed by atoms with van der Waals surface area (Å²) >= 11 is 1.01. The summed E-state index contributed by atoms with van der Waals surface area (Å²) < 4.78 is 5.01. The highest BCUT2D eigenvalue weighted by atomic mass is 32.1. The number of thiazole rings is 1. The summed E-state index contributed by atoms with van der Waals surface area (Å²) in [5.74, 6) is -1.17. The second kappa shape index (κ2) is 7.18. The molecule has 22 heavy (non-hydrogen) atoms. The third kappa shape index (κ3) is 4.03. The van der Waals surface area contributed by atoms with Crippen molar-refractivity contribution in [2.24, 2.45) is 5.16 Å². The van der Waals surface area contributed by atoms with Gasteiger partial charge in [0.05, 0.1) is 0 Å². The van der Waals surface area contributed by atoms with E-state index < -0.39 is 17.7 Å².